The predicted octanol–water partition coefficient (Wildman–Crippen LogP) is 5.70. The summed E-state index contributed by atoms with van der Waals surface area (Å²) in [6, 6.07) is 18.5. The molecular weight excluding hydrogens is 646 g/mol. The fourth-order valence-electron chi connectivity index (χ4n) is 4.69. The van der Waals surface area contributed by atoms with E-state index >= 15 is 0 Å². The lowest BCUT2D eigenvalue weighted by molar-refractivity contribution is -0.386. The summed E-state index contributed by atoms with van der Waals surface area (Å²) in [6.45, 7) is 1.91. The van der Waals surface area contributed by atoms with Crippen LogP contribution in [0.3, 0.4) is 0 Å². The van der Waals surface area contributed by atoms with Crippen molar-refractivity contribution in [2.24, 2.45) is 4.99 Å². The van der Waals surface area contributed by atoms with Crippen molar-refractivity contribution >= 4 is 56.6 Å². The van der Waals surface area contributed by atoms with E-state index in [1.165, 1.54) is 17.7 Å². The molecule has 0 amide bonds. The first kappa shape index (κ1) is 29.4. The molecule has 0 spiro atoms. The monoisotopic (exact) mass is 667 g/mol. The van der Waals surface area contributed by atoms with Gasteiger partial charge in [0.15, 0.2) is 4.80 Å². The number of esters is 1. The van der Waals surface area contributed by atoms with Crippen LogP contribution in [0, 0.1) is 10.1 Å². The molecule has 0 saturated carbocycles. The van der Waals surface area contributed by atoms with Crippen LogP contribution in [-0.4, -0.2) is 22.6 Å². The van der Waals surface area contributed by atoms with E-state index in [2.05, 4.69) is 20.9 Å². The molecule has 0 bridgehead atoms. The molecule has 1 atom stereocenters. The number of aromatic nitrogens is 1. The molecule has 12 heteroatoms. The number of allylic oxidation sites excluding steroid dienone is 1. The number of carbonyl (C=O) groups is 1. The van der Waals surface area contributed by atoms with Gasteiger partial charge in [-0.25, -0.2) is 9.79 Å². The molecule has 2 heterocycles. The predicted molar refractivity (Wildman–Crippen MR) is 163 cm³/mol. The number of nitro benzene ring substituents is 1. The quantitative estimate of drug-likeness (QED) is 0.135. The third-order valence-electron chi connectivity index (χ3n) is 6.64. The molecule has 0 saturated heterocycles. The Morgan fingerprint density at radius 3 is 2.57 bits per heavy atom. The third kappa shape index (κ3) is 5.67. The lowest BCUT2D eigenvalue weighted by Gasteiger charge is -2.25. The van der Waals surface area contributed by atoms with Crippen LogP contribution in [0.15, 0.2) is 92.3 Å². The number of nitro groups is 1. The summed E-state index contributed by atoms with van der Waals surface area (Å²) in [5.41, 5.74) is 1.97. The molecule has 42 heavy (non-hydrogen) atoms. The summed E-state index contributed by atoms with van der Waals surface area (Å²) in [4.78, 5) is 43.3. The minimum atomic E-state index is -0.742. The Balaban J connectivity index is 1.62. The van der Waals surface area contributed by atoms with Gasteiger partial charge in [0, 0.05) is 16.7 Å². The molecule has 0 aliphatic carbocycles. The number of fused-ring (bicyclic) bond motifs is 1. The molecule has 4 aromatic rings. The summed E-state index contributed by atoms with van der Waals surface area (Å²) in [5, 5.41) is 12.5. The molecule has 9 nitrogen and oxygen atoms in total. The van der Waals surface area contributed by atoms with Crippen molar-refractivity contribution in [3.05, 3.63) is 134 Å². The maximum atomic E-state index is 13.8. The summed E-state index contributed by atoms with van der Waals surface area (Å²) in [7, 11) is 1.29. The highest BCUT2D eigenvalue weighted by atomic mass is 79.9. The van der Waals surface area contributed by atoms with Crippen LogP contribution in [0.5, 0.6) is 5.75 Å². The van der Waals surface area contributed by atoms with Crippen LogP contribution in [-0.2, 0) is 16.1 Å². The van der Waals surface area contributed by atoms with Crippen molar-refractivity contribution in [3.63, 3.8) is 0 Å². The molecular formula is C30H23BrClN3O6S. The van der Waals surface area contributed by atoms with Gasteiger partial charge in [0.2, 0.25) is 5.75 Å². The molecule has 0 fully saturated rings. The number of hydrogen-bond donors (Lipinski definition) is 0. The Labute approximate surface area is 257 Å². The van der Waals surface area contributed by atoms with E-state index in [4.69, 9.17) is 21.1 Å². The lowest BCUT2D eigenvalue weighted by atomic mass is 9.95. The fourth-order valence-corrected chi connectivity index (χ4v) is 6.48. The van der Waals surface area contributed by atoms with Gasteiger partial charge in [0.1, 0.15) is 6.61 Å². The van der Waals surface area contributed by atoms with E-state index in [1.54, 1.807) is 36.4 Å². The zero-order chi connectivity index (χ0) is 30.0. The number of rotatable bonds is 8. The molecule has 0 unspecified atom stereocenters. The molecule has 0 radical (unpaired) electrons. The number of hydrogen-bond acceptors (Lipinski definition) is 8. The van der Waals surface area contributed by atoms with E-state index in [1.807, 2.05) is 37.3 Å². The first-order valence-corrected chi connectivity index (χ1v) is 14.7. The van der Waals surface area contributed by atoms with Gasteiger partial charge >= 0.3 is 11.7 Å². The van der Waals surface area contributed by atoms with Crippen LogP contribution < -0.4 is 19.6 Å². The Hall–Kier alpha value is -4.06. The highest BCUT2D eigenvalue weighted by molar-refractivity contribution is 9.10. The first-order chi connectivity index (χ1) is 20.2. The van der Waals surface area contributed by atoms with Crippen LogP contribution in [0.1, 0.15) is 36.1 Å². The van der Waals surface area contributed by atoms with E-state index in [-0.39, 0.29) is 23.6 Å². The summed E-state index contributed by atoms with van der Waals surface area (Å²) >= 11 is 10.7. The third-order valence-corrected chi connectivity index (χ3v) is 8.58. The van der Waals surface area contributed by atoms with Crippen molar-refractivity contribution in [3.8, 4) is 5.75 Å². The highest BCUT2D eigenvalue weighted by Crippen LogP contribution is 2.38. The topological polar surface area (TPSA) is 113 Å². The second-order valence-corrected chi connectivity index (χ2v) is 11.5. The number of benzene rings is 3. The average molecular weight is 669 g/mol. The van der Waals surface area contributed by atoms with Gasteiger partial charge in [-0.3, -0.25) is 19.5 Å². The molecule has 5 rings (SSSR count). The number of carbonyl (C=O) groups excluding carboxylic acids is 1. The maximum absolute atomic E-state index is 13.8. The standard InChI is InChI=1S/C30H23BrClN3O6S/c1-3-22-25(29(37)40-2)26(18-9-5-4-6-10-18)34-28(36)24(42-30(34)33-22)15-17-13-20(31)27(23(14-17)35(38)39)41-16-19-11-7-8-12-21(19)32/h4-15,26H,3,16H2,1-2H3/b24-15+/t26-/m1/s1. The molecule has 0 N–H and O–H groups in total. The fraction of sp³-hybridized carbons (Fsp3) is 0.167. The second-order valence-electron chi connectivity index (χ2n) is 9.19. The van der Waals surface area contributed by atoms with Crippen molar-refractivity contribution < 1.29 is 19.2 Å². The van der Waals surface area contributed by atoms with Crippen molar-refractivity contribution in [1.82, 2.24) is 4.57 Å². The minimum absolute atomic E-state index is 0.0266. The highest BCUT2D eigenvalue weighted by Gasteiger charge is 2.33. The molecule has 1 aromatic heterocycles. The Morgan fingerprint density at radius 1 is 1.19 bits per heavy atom. The van der Waals surface area contributed by atoms with Gasteiger partial charge < -0.3 is 9.47 Å². The molecule has 214 valence electrons. The SMILES string of the molecule is CCC1=C(C(=O)OC)[C@@H](c2ccccc2)n2c(s/c(=C/c3cc(Br)c(OCc4ccccc4Cl)c([N+](=O)[O-])c3)c2=O)=N1. The summed E-state index contributed by atoms with van der Waals surface area (Å²) in [6.07, 6.45) is 2.02. The second kappa shape index (κ2) is 12.4. The normalized spacial score (nSPS) is 14.8. The van der Waals surface area contributed by atoms with Gasteiger partial charge in [-0.15, -0.1) is 0 Å². The Morgan fingerprint density at radius 2 is 1.90 bits per heavy atom. The minimum Gasteiger partial charge on any atom is -0.481 e. The van der Waals surface area contributed by atoms with Crippen molar-refractivity contribution in [2.45, 2.75) is 26.0 Å². The van der Waals surface area contributed by atoms with Gasteiger partial charge in [0.05, 0.1) is 38.4 Å². The number of methoxy groups -OCH3 is 1. The average Bonchev–Trinajstić information content (AvgIpc) is 3.30. The largest absolute Gasteiger partial charge is 0.481 e. The Bertz CT molecular complexity index is 1920. The molecule has 1 aliphatic rings. The number of ether oxygens (including phenoxy) is 2. The van der Waals surface area contributed by atoms with E-state index < -0.39 is 16.9 Å². The van der Waals surface area contributed by atoms with Crippen LogP contribution in [0.4, 0.5) is 5.69 Å². The van der Waals surface area contributed by atoms with E-state index in [0.29, 0.717) is 47.6 Å². The van der Waals surface area contributed by atoms with E-state index in [0.717, 1.165) is 16.9 Å². The van der Waals surface area contributed by atoms with Gasteiger partial charge in [0.25, 0.3) is 5.56 Å². The summed E-state index contributed by atoms with van der Waals surface area (Å²) in [5.74, 6) is -0.524. The van der Waals surface area contributed by atoms with Gasteiger partial charge in [-0.1, -0.05) is 78.4 Å². The van der Waals surface area contributed by atoms with Crippen molar-refractivity contribution in [1.29, 1.82) is 0 Å². The summed E-state index contributed by atoms with van der Waals surface area (Å²) < 4.78 is 13.0. The maximum Gasteiger partial charge on any atom is 0.338 e. The van der Waals surface area contributed by atoms with Crippen LogP contribution in [0.2, 0.25) is 5.02 Å². The van der Waals surface area contributed by atoms with Crippen LogP contribution in [0.25, 0.3) is 6.08 Å². The van der Waals surface area contributed by atoms with Crippen molar-refractivity contribution in [2.75, 3.05) is 7.11 Å². The molecule has 3 aromatic carbocycles. The van der Waals surface area contributed by atoms with Gasteiger partial charge in [-0.05, 0) is 51.7 Å². The van der Waals surface area contributed by atoms with Gasteiger partial charge in [-0.2, -0.15) is 0 Å². The lowest BCUT2D eigenvalue weighted by Crippen LogP contribution is -2.40. The zero-order valence-corrected chi connectivity index (χ0v) is 25.5. The number of halogens is 2. The van der Waals surface area contributed by atoms with E-state index in [9.17, 15) is 19.7 Å². The number of nitrogens with zero attached hydrogens (tertiary/aromatic N) is 3. The zero-order valence-electron chi connectivity index (χ0n) is 22.4. The molecule has 1 aliphatic heterocycles. The Kier molecular flexibility index (Phi) is 8.72. The van der Waals surface area contributed by atoms with Crippen LogP contribution >= 0.6 is 38.9 Å². The smallest absolute Gasteiger partial charge is 0.338 e. The first-order valence-electron chi connectivity index (χ1n) is 12.8. The number of thiazole rings is 1.